The number of carbonyl (C=O) groups is 1. The molecule has 0 radical (unpaired) electrons. The van der Waals surface area contributed by atoms with Gasteiger partial charge in [0.1, 0.15) is 6.10 Å². The van der Waals surface area contributed by atoms with E-state index in [1.807, 2.05) is 24.3 Å². The Hall–Kier alpha value is -1.26. The van der Waals surface area contributed by atoms with Crippen LogP contribution in [0.25, 0.3) is 0 Å². The highest BCUT2D eigenvalue weighted by atomic mass is 35.5. The van der Waals surface area contributed by atoms with Crippen LogP contribution in [0, 0.1) is 0 Å². The zero-order valence-corrected chi connectivity index (χ0v) is 10.9. The predicted octanol–water partition coefficient (Wildman–Crippen LogP) is 2.40. The summed E-state index contributed by atoms with van der Waals surface area (Å²) in [6.45, 7) is 2.56. The monoisotopic (exact) mass is 268 g/mol. The van der Waals surface area contributed by atoms with Crippen molar-refractivity contribution in [3.63, 3.8) is 0 Å². The van der Waals surface area contributed by atoms with Crippen LogP contribution in [0.2, 0.25) is 5.02 Å². The Bertz CT molecular complexity index is 425. The predicted molar refractivity (Wildman–Crippen MR) is 70.4 cm³/mol. The minimum atomic E-state index is -0.690. The molecule has 98 valence electrons. The number of primary amides is 1. The topological polar surface area (TPSA) is 55.6 Å². The van der Waals surface area contributed by atoms with Crippen molar-refractivity contribution < 1.29 is 9.53 Å². The molecule has 1 heterocycles. The van der Waals surface area contributed by atoms with Crippen LogP contribution in [-0.4, -0.2) is 30.2 Å². The van der Waals surface area contributed by atoms with E-state index in [1.165, 1.54) is 5.56 Å². The van der Waals surface area contributed by atoms with Gasteiger partial charge in [-0.1, -0.05) is 23.7 Å². The van der Waals surface area contributed by atoms with Crippen molar-refractivity contribution in [3.05, 3.63) is 34.9 Å². The number of nitrogens with two attached hydrogens (primary N) is 1. The molecule has 1 fully saturated rings. The van der Waals surface area contributed by atoms with E-state index in [9.17, 15) is 4.79 Å². The number of hydrogen-bond donors (Lipinski definition) is 1. The van der Waals surface area contributed by atoms with Gasteiger partial charge in [-0.3, -0.25) is 4.90 Å². The Morgan fingerprint density at radius 1 is 1.56 bits per heavy atom. The van der Waals surface area contributed by atoms with Crippen LogP contribution >= 0.6 is 11.6 Å². The highest BCUT2D eigenvalue weighted by molar-refractivity contribution is 6.30. The summed E-state index contributed by atoms with van der Waals surface area (Å²) in [5.74, 6) is 0. The van der Waals surface area contributed by atoms with Crippen LogP contribution in [-0.2, 0) is 11.3 Å². The van der Waals surface area contributed by atoms with Crippen LogP contribution < -0.4 is 5.73 Å². The summed E-state index contributed by atoms with van der Waals surface area (Å²) in [6, 6.07) is 7.81. The third kappa shape index (κ3) is 3.89. The second-order valence-electron chi connectivity index (χ2n) is 4.57. The number of hydrogen-bond acceptors (Lipinski definition) is 3. The first kappa shape index (κ1) is 13.2. The molecule has 0 bridgehead atoms. The molecule has 0 spiro atoms. The van der Waals surface area contributed by atoms with E-state index in [-0.39, 0.29) is 6.10 Å². The lowest BCUT2D eigenvalue weighted by Gasteiger charge is -2.31. The number of rotatable bonds is 3. The molecule has 1 amide bonds. The third-order valence-corrected chi connectivity index (χ3v) is 3.28. The lowest BCUT2D eigenvalue weighted by Crippen LogP contribution is -2.40. The molecule has 0 aliphatic carbocycles. The summed E-state index contributed by atoms with van der Waals surface area (Å²) >= 11 is 5.96. The number of nitrogens with zero attached hydrogens (tertiary/aromatic N) is 1. The van der Waals surface area contributed by atoms with Gasteiger partial charge in [-0.15, -0.1) is 0 Å². The molecule has 1 aromatic rings. The summed E-state index contributed by atoms with van der Waals surface area (Å²) in [5.41, 5.74) is 6.21. The minimum Gasteiger partial charge on any atom is -0.445 e. The fraction of sp³-hybridized carbons (Fsp3) is 0.462. The minimum absolute atomic E-state index is 0.0876. The maximum absolute atomic E-state index is 10.7. The third-order valence-electron chi connectivity index (χ3n) is 3.04. The molecule has 0 saturated carbocycles. The molecule has 2 rings (SSSR count). The van der Waals surface area contributed by atoms with Gasteiger partial charge in [0.2, 0.25) is 0 Å². The largest absolute Gasteiger partial charge is 0.445 e. The van der Waals surface area contributed by atoms with E-state index in [0.717, 1.165) is 37.5 Å². The molecule has 4 nitrogen and oxygen atoms in total. The van der Waals surface area contributed by atoms with E-state index in [4.69, 9.17) is 22.1 Å². The van der Waals surface area contributed by atoms with E-state index in [2.05, 4.69) is 4.90 Å². The SMILES string of the molecule is NC(=O)O[C@@H]1CCCN(Cc2cccc(Cl)c2)C1. The standard InChI is InChI=1S/C13H17ClN2O2/c14-11-4-1-3-10(7-11)8-16-6-2-5-12(9-16)18-13(15)17/h1,3-4,7,12H,2,5-6,8-9H2,(H2,15,17)/t12-/m1/s1. The van der Waals surface area contributed by atoms with Gasteiger partial charge in [-0.2, -0.15) is 0 Å². The molecule has 1 aromatic carbocycles. The van der Waals surface area contributed by atoms with Gasteiger partial charge in [0.15, 0.2) is 0 Å². The molecule has 0 unspecified atom stereocenters. The number of likely N-dealkylation sites (tertiary alicyclic amines) is 1. The average molecular weight is 269 g/mol. The van der Waals surface area contributed by atoms with Gasteiger partial charge in [0.25, 0.3) is 0 Å². The second-order valence-corrected chi connectivity index (χ2v) is 5.00. The maximum Gasteiger partial charge on any atom is 0.404 e. The van der Waals surface area contributed by atoms with Gasteiger partial charge >= 0.3 is 6.09 Å². The fourth-order valence-corrected chi connectivity index (χ4v) is 2.52. The van der Waals surface area contributed by atoms with Crippen molar-refractivity contribution >= 4 is 17.7 Å². The molecule has 1 aliphatic rings. The Morgan fingerprint density at radius 2 is 2.39 bits per heavy atom. The Kier molecular flexibility index (Phi) is 4.44. The van der Waals surface area contributed by atoms with Crippen LogP contribution in [0.1, 0.15) is 18.4 Å². The Morgan fingerprint density at radius 3 is 3.11 bits per heavy atom. The molecule has 1 atom stereocenters. The van der Waals surface area contributed by atoms with Gasteiger partial charge in [-0.25, -0.2) is 4.79 Å². The maximum atomic E-state index is 10.7. The molecule has 5 heteroatoms. The van der Waals surface area contributed by atoms with Crippen molar-refractivity contribution in [2.75, 3.05) is 13.1 Å². The van der Waals surface area contributed by atoms with Crippen LogP contribution in [0.3, 0.4) is 0 Å². The van der Waals surface area contributed by atoms with Gasteiger partial charge in [0.05, 0.1) is 0 Å². The van der Waals surface area contributed by atoms with E-state index < -0.39 is 6.09 Å². The molecule has 0 aromatic heterocycles. The van der Waals surface area contributed by atoms with Gasteiger partial charge < -0.3 is 10.5 Å². The molecule has 2 N–H and O–H groups in total. The summed E-state index contributed by atoms with van der Waals surface area (Å²) in [7, 11) is 0. The number of piperidine rings is 1. The van der Waals surface area contributed by atoms with Crippen LogP contribution in [0.5, 0.6) is 0 Å². The van der Waals surface area contributed by atoms with Crippen molar-refractivity contribution in [3.8, 4) is 0 Å². The molecule has 1 aliphatic heterocycles. The van der Waals surface area contributed by atoms with E-state index in [0.29, 0.717) is 0 Å². The molecular formula is C13H17ClN2O2. The summed E-state index contributed by atoms with van der Waals surface area (Å²) in [5, 5.41) is 0.745. The summed E-state index contributed by atoms with van der Waals surface area (Å²) in [6.07, 6.45) is 1.12. The highest BCUT2D eigenvalue weighted by Gasteiger charge is 2.22. The molecule has 18 heavy (non-hydrogen) atoms. The van der Waals surface area contributed by atoms with Gasteiger partial charge in [-0.05, 0) is 37.1 Å². The second kappa shape index (κ2) is 6.07. The quantitative estimate of drug-likeness (QED) is 0.916. The fourth-order valence-electron chi connectivity index (χ4n) is 2.31. The van der Waals surface area contributed by atoms with Crippen molar-refractivity contribution in [1.29, 1.82) is 0 Å². The highest BCUT2D eigenvalue weighted by Crippen LogP contribution is 2.17. The molecular weight excluding hydrogens is 252 g/mol. The summed E-state index contributed by atoms with van der Waals surface area (Å²) in [4.78, 5) is 13.0. The average Bonchev–Trinajstić information content (AvgIpc) is 2.28. The van der Waals surface area contributed by atoms with Crippen molar-refractivity contribution in [2.45, 2.75) is 25.5 Å². The number of carbonyl (C=O) groups excluding carboxylic acids is 1. The van der Waals surface area contributed by atoms with E-state index in [1.54, 1.807) is 0 Å². The van der Waals surface area contributed by atoms with Crippen molar-refractivity contribution in [1.82, 2.24) is 4.90 Å². The lowest BCUT2D eigenvalue weighted by molar-refractivity contribution is 0.0447. The van der Waals surface area contributed by atoms with Gasteiger partial charge in [0, 0.05) is 18.1 Å². The summed E-state index contributed by atoms with van der Waals surface area (Å²) < 4.78 is 5.05. The zero-order chi connectivity index (χ0) is 13.0. The van der Waals surface area contributed by atoms with E-state index >= 15 is 0 Å². The van der Waals surface area contributed by atoms with Crippen LogP contribution in [0.15, 0.2) is 24.3 Å². The first-order valence-corrected chi connectivity index (χ1v) is 6.44. The van der Waals surface area contributed by atoms with Crippen LogP contribution in [0.4, 0.5) is 4.79 Å². The number of ether oxygens (including phenoxy) is 1. The Balaban J connectivity index is 1.91. The normalized spacial score (nSPS) is 20.6. The van der Waals surface area contributed by atoms with Crippen molar-refractivity contribution in [2.24, 2.45) is 5.73 Å². The first-order valence-electron chi connectivity index (χ1n) is 6.06. The zero-order valence-electron chi connectivity index (χ0n) is 10.1. The number of halogens is 1. The molecule has 1 saturated heterocycles. The smallest absolute Gasteiger partial charge is 0.404 e. The first-order chi connectivity index (χ1) is 8.63. The number of amides is 1. The lowest BCUT2D eigenvalue weighted by atomic mass is 10.1. The Labute approximate surface area is 112 Å². The number of benzene rings is 1.